The summed E-state index contributed by atoms with van der Waals surface area (Å²) in [5.41, 5.74) is 2.01. The molecule has 0 aliphatic carbocycles. The molecule has 7 nitrogen and oxygen atoms in total. The normalized spacial score (nSPS) is 30.8. The molecule has 0 aromatic heterocycles. The second kappa shape index (κ2) is 9.97. The van der Waals surface area contributed by atoms with Crippen molar-refractivity contribution in [2.75, 3.05) is 17.2 Å². The minimum atomic E-state index is -0.836. The van der Waals surface area contributed by atoms with Gasteiger partial charge in [-0.1, -0.05) is 55.8 Å². The molecule has 3 unspecified atom stereocenters. The monoisotopic (exact) mass is 541 g/mol. The van der Waals surface area contributed by atoms with Crippen molar-refractivity contribution in [2.24, 2.45) is 17.8 Å². The van der Waals surface area contributed by atoms with Crippen molar-refractivity contribution in [3.05, 3.63) is 59.1 Å². The summed E-state index contributed by atoms with van der Waals surface area (Å²) in [6, 6.07) is 13.3. The Labute approximate surface area is 226 Å². The smallest absolute Gasteiger partial charge is 0.248 e. The molecule has 1 spiro atoms. The molecule has 9 heteroatoms. The van der Waals surface area contributed by atoms with Crippen molar-refractivity contribution in [2.45, 2.75) is 55.7 Å². The van der Waals surface area contributed by atoms with E-state index in [0.717, 1.165) is 12.0 Å². The van der Waals surface area contributed by atoms with Gasteiger partial charge in [0, 0.05) is 10.9 Å². The van der Waals surface area contributed by atoms with Crippen molar-refractivity contribution in [3.63, 3.8) is 0 Å². The van der Waals surface area contributed by atoms with Crippen LogP contribution in [0.4, 0.5) is 11.4 Å². The van der Waals surface area contributed by atoms with E-state index >= 15 is 0 Å². The number of aliphatic hydroxyl groups is 1. The lowest BCUT2D eigenvalue weighted by molar-refractivity contribution is -0.141. The van der Waals surface area contributed by atoms with Crippen LogP contribution < -0.4 is 10.6 Å². The molecule has 3 fully saturated rings. The minimum Gasteiger partial charge on any atom is -0.394 e. The first-order valence-electron chi connectivity index (χ1n) is 12.8. The number of carbonyl (C=O) groups is 3. The number of halogens is 1. The molecular formula is C28H32ClN3O4S. The van der Waals surface area contributed by atoms with Crippen LogP contribution in [-0.2, 0) is 14.4 Å². The van der Waals surface area contributed by atoms with Gasteiger partial charge in [0.05, 0.1) is 39.9 Å². The summed E-state index contributed by atoms with van der Waals surface area (Å²) in [7, 11) is 0. The van der Waals surface area contributed by atoms with Crippen LogP contribution >= 0.6 is 23.4 Å². The van der Waals surface area contributed by atoms with Gasteiger partial charge in [-0.3, -0.25) is 14.4 Å². The molecule has 3 aliphatic rings. The number of benzene rings is 2. The van der Waals surface area contributed by atoms with E-state index in [1.807, 2.05) is 56.3 Å². The van der Waals surface area contributed by atoms with E-state index in [2.05, 4.69) is 17.6 Å². The van der Waals surface area contributed by atoms with Crippen LogP contribution in [0, 0.1) is 24.7 Å². The fourth-order valence-corrected chi connectivity index (χ4v) is 9.27. The number of anilines is 2. The first-order chi connectivity index (χ1) is 17.7. The number of hydrogen-bond donors (Lipinski definition) is 3. The van der Waals surface area contributed by atoms with E-state index in [1.54, 1.807) is 22.7 Å². The molecule has 0 radical (unpaired) electrons. The number of nitrogens with zero attached hydrogens (tertiary/aromatic N) is 1. The Hall–Kier alpha value is -2.55. The van der Waals surface area contributed by atoms with Crippen LogP contribution in [0.2, 0.25) is 5.02 Å². The molecular weight excluding hydrogens is 510 g/mol. The summed E-state index contributed by atoms with van der Waals surface area (Å²) >= 11 is 8.03. The average molecular weight is 542 g/mol. The van der Waals surface area contributed by atoms with Crippen LogP contribution in [0.5, 0.6) is 0 Å². The van der Waals surface area contributed by atoms with Crippen molar-refractivity contribution in [3.8, 4) is 0 Å². The first-order valence-corrected chi connectivity index (χ1v) is 14.0. The maximum Gasteiger partial charge on any atom is 0.248 e. The van der Waals surface area contributed by atoms with Crippen molar-refractivity contribution in [1.82, 2.24) is 4.90 Å². The molecule has 5 rings (SSSR count). The number of aryl methyl sites for hydroxylation is 1. The number of amides is 3. The molecule has 3 amide bonds. The lowest BCUT2D eigenvalue weighted by Gasteiger charge is -2.40. The fraction of sp³-hybridized carbons (Fsp3) is 0.464. The maximum absolute atomic E-state index is 14.2. The second-order valence-corrected chi connectivity index (χ2v) is 12.3. The highest BCUT2D eigenvalue weighted by Crippen LogP contribution is 2.69. The fourth-order valence-electron chi connectivity index (χ4n) is 6.59. The number of carbonyl (C=O) groups excluding carboxylic acids is 3. The summed E-state index contributed by atoms with van der Waals surface area (Å²) < 4.78 is -0.776. The highest BCUT2D eigenvalue weighted by atomic mass is 35.5. The van der Waals surface area contributed by atoms with Gasteiger partial charge in [0.2, 0.25) is 17.7 Å². The number of hydrogen-bond acceptors (Lipinski definition) is 5. The Morgan fingerprint density at radius 3 is 2.54 bits per heavy atom. The van der Waals surface area contributed by atoms with E-state index in [0.29, 0.717) is 22.8 Å². The van der Waals surface area contributed by atoms with Gasteiger partial charge < -0.3 is 20.6 Å². The lowest BCUT2D eigenvalue weighted by Crippen LogP contribution is -2.57. The number of para-hydroxylation sites is 2. The van der Waals surface area contributed by atoms with Gasteiger partial charge in [0.25, 0.3) is 0 Å². The van der Waals surface area contributed by atoms with Crippen LogP contribution in [-0.4, -0.2) is 56.4 Å². The van der Waals surface area contributed by atoms with Crippen molar-refractivity contribution >= 4 is 52.5 Å². The Morgan fingerprint density at radius 1 is 1.16 bits per heavy atom. The van der Waals surface area contributed by atoms with Gasteiger partial charge in [0.15, 0.2) is 0 Å². The Morgan fingerprint density at radius 2 is 1.89 bits per heavy atom. The number of rotatable bonds is 7. The summed E-state index contributed by atoms with van der Waals surface area (Å²) in [5.74, 6) is -1.95. The van der Waals surface area contributed by atoms with Crippen LogP contribution in [0.25, 0.3) is 0 Å². The standard InChI is InChI=1S/C28H32ClN3O4S/c1-4-18(14-33)32-24(26(35)31-23-15(2)9-8-12-19(23)29)28-16(3)13-20(37-28)21(22(28)27(32)36)25(34)30-17-10-6-5-7-11-17/h5-12,16,18,20-22,24,33H,4,13-14H2,1-3H3,(H,30,34)(H,31,35)/t16?,18-,20-,21+,22-,24?,28?/m0/s1. The molecule has 0 saturated carbocycles. The Kier molecular flexibility index (Phi) is 7.02. The van der Waals surface area contributed by atoms with Crippen LogP contribution in [0.3, 0.4) is 0 Å². The third-order valence-corrected chi connectivity index (χ3v) is 10.7. The van der Waals surface area contributed by atoms with Crippen molar-refractivity contribution in [1.29, 1.82) is 0 Å². The first kappa shape index (κ1) is 26.1. The van der Waals surface area contributed by atoms with Gasteiger partial charge in [-0.25, -0.2) is 0 Å². The third-order valence-electron chi connectivity index (χ3n) is 8.32. The summed E-state index contributed by atoms with van der Waals surface area (Å²) in [6.07, 6.45) is 1.23. The van der Waals surface area contributed by atoms with Gasteiger partial charge in [0.1, 0.15) is 6.04 Å². The summed E-state index contributed by atoms with van der Waals surface area (Å²) in [4.78, 5) is 43.4. The zero-order chi connectivity index (χ0) is 26.5. The largest absolute Gasteiger partial charge is 0.394 e. The number of nitrogens with one attached hydrogen (secondary N) is 2. The average Bonchev–Trinajstić information content (AvgIpc) is 3.47. The van der Waals surface area contributed by atoms with Crippen LogP contribution in [0.15, 0.2) is 48.5 Å². The predicted octanol–water partition coefficient (Wildman–Crippen LogP) is 4.33. The zero-order valence-corrected chi connectivity index (χ0v) is 22.7. The predicted molar refractivity (Wildman–Crippen MR) is 147 cm³/mol. The molecule has 3 saturated heterocycles. The van der Waals surface area contributed by atoms with Gasteiger partial charge >= 0.3 is 0 Å². The topological polar surface area (TPSA) is 98.7 Å². The Bertz CT molecular complexity index is 1200. The van der Waals surface area contributed by atoms with E-state index < -0.39 is 28.7 Å². The molecule has 2 bridgehead atoms. The van der Waals surface area contributed by atoms with Gasteiger partial charge in [-0.2, -0.15) is 0 Å². The quantitative estimate of drug-likeness (QED) is 0.484. The summed E-state index contributed by atoms with van der Waals surface area (Å²) in [5, 5.41) is 16.6. The molecule has 3 N–H and O–H groups in total. The van der Waals surface area contributed by atoms with Crippen LogP contribution in [0.1, 0.15) is 32.3 Å². The molecule has 3 aliphatic heterocycles. The van der Waals surface area contributed by atoms with Gasteiger partial charge in [-0.05, 0) is 49.4 Å². The zero-order valence-electron chi connectivity index (χ0n) is 21.1. The number of thioether (sulfide) groups is 1. The number of aliphatic hydroxyl groups excluding tert-OH is 1. The molecule has 2 aromatic rings. The molecule has 7 atom stereocenters. The number of likely N-dealkylation sites (tertiary alicyclic amines) is 1. The highest BCUT2D eigenvalue weighted by Gasteiger charge is 2.76. The van der Waals surface area contributed by atoms with Crippen molar-refractivity contribution < 1.29 is 19.5 Å². The number of fused-ring (bicyclic) bond motifs is 1. The van der Waals surface area contributed by atoms with Gasteiger partial charge in [-0.15, -0.1) is 11.8 Å². The highest BCUT2D eigenvalue weighted by molar-refractivity contribution is 8.02. The maximum atomic E-state index is 14.2. The molecule has 2 aromatic carbocycles. The second-order valence-electron chi connectivity index (χ2n) is 10.3. The van der Waals surface area contributed by atoms with E-state index in [1.165, 1.54) is 0 Å². The molecule has 196 valence electrons. The molecule has 3 heterocycles. The third kappa shape index (κ3) is 4.04. The summed E-state index contributed by atoms with van der Waals surface area (Å²) in [6.45, 7) is 5.57. The Balaban J connectivity index is 1.55. The lowest BCUT2D eigenvalue weighted by atomic mass is 9.66. The minimum absolute atomic E-state index is 0.0292. The van der Waals surface area contributed by atoms with E-state index in [4.69, 9.17) is 11.6 Å². The molecule has 37 heavy (non-hydrogen) atoms. The van der Waals surface area contributed by atoms with E-state index in [-0.39, 0.29) is 35.5 Å². The SMILES string of the molecule is CC[C@@H](CO)N1C(=O)[C@@H]2[C@H](C(=O)Nc3ccccc3)[C@@H]3CC(C)C2(S3)C1C(=O)Nc1c(C)cccc1Cl. The van der Waals surface area contributed by atoms with E-state index in [9.17, 15) is 19.5 Å².